The molecule has 0 aliphatic heterocycles. The number of unbranched alkanes of at least 4 members (excludes halogenated alkanes) is 27. The van der Waals surface area contributed by atoms with Crippen molar-refractivity contribution in [3.8, 4) is 0 Å². The van der Waals surface area contributed by atoms with Crippen molar-refractivity contribution in [2.45, 2.75) is 277 Å². The first-order valence-corrected chi connectivity index (χ1v) is 32.4. The van der Waals surface area contributed by atoms with Gasteiger partial charge in [-0.2, -0.15) is 0 Å². The lowest BCUT2D eigenvalue weighted by Crippen LogP contribution is -2.47. The van der Waals surface area contributed by atoms with Gasteiger partial charge in [-0.15, -0.1) is 0 Å². The number of carbonyl (C=O) groups excluding carboxylic acids is 2. The van der Waals surface area contributed by atoms with Crippen molar-refractivity contribution < 1.29 is 37.3 Å². The van der Waals surface area contributed by atoms with E-state index in [2.05, 4.69) is 99.0 Å². The molecule has 10 heteroatoms. The van der Waals surface area contributed by atoms with Crippen LogP contribution in [-0.4, -0.2) is 69.4 Å². The van der Waals surface area contributed by atoms with Crippen LogP contribution in [-0.2, 0) is 27.9 Å². The zero-order valence-corrected chi connectivity index (χ0v) is 50.4. The van der Waals surface area contributed by atoms with Gasteiger partial charge in [0.05, 0.1) is 33.8 Å². The Labute approximate surface area is 463 Å². The number of rotatable bonds is 55. The first kappa shape index (κ1) is 72.2. The summed E-state index contributed by atoms with van der Waals surface area (Å²) >= 11 is 0. The van der Waals surface area contributed by atoms with Gasteiger partial charge < -0.3 is 28.5 Å². The average molecular weight is 1070 g/mol. The van der Waals surface area contributed by atoms with E-state index >= 15 is 0 Å². The number of carbonyl (C=O) groups is 2. The van der Waals surface area contributed by atoms with E-state index in [4.69, 9.17) is 13.8 Å². The predicted octanol–water partition coefficient (Wildman–Crippen LogP) is 18.4. The first-order valence-electron chi connectivity index (χ1n) is 30.9. The summed E-state index contributed by atoms with van der Waals surface area (Å²) < 4.78 is 30.3. The van der Waals surface area contributed by atoms with Gasteiger partial charge in [0.2, 0.25) is 5.91 Å². The van der Waals surface area contributed by atoms with Gasteiger partial charge in [-0.05, 0) is 102 Å². The standard InChI is InChI=1S/C65H117N2O7P/c1-7-10-13-16-19-22-25-27-29-30-31-32-33-34-35-36-38-40-43-46-49-52-55-58-65(69)74-63(56-53-50-47-44-41-24-21-18-15-12-9-3)62(61-73-75(70,71)72-60-59-67(4,5)6)66-64(68)57-54-51-48-45-42-39-37-28-26-23-20-17-14-11-8-2/h10,13,19,22-23,26-27,29,31-32,34-35,53,56,62-63H,7-9,11-12,14-18,20-21,24-25,28,30,33,36-52,54-55,57-61H2,1-6H3,(H-,66,68,70,71)/b13-10-,22-19-,26-23-,29-27-,32-31-,35-34-,56-53-. The number of hydrogen-bond donors (Lipinski definition) is 1. The minimum Gasteiger partial charge on any atom is -0.756 e. The number of nitrogens with one attached hydrogen (secondary N) is 1. The molecular formula is C65H117N2O7P. The third-order valence-corrected chi connectivity index (χ3v) is 14.3. The molecule has 434 valence electrons. The Morgan fingerprint density at radius 1 is 0.480 bits per heavy atom. The molecular weight excluding hydrogens is 952 g/mol. The van der Waals surface area contributed by atoms with E-state index < -0.39 is 26.6 Å². The highest BCUT2D eigenvalue weighted by Crippen LogP contribution is 2.38. The lowest BCUT2D eigenvalue weighted by atomic mass is 10.1. The van der Waals surface area contributed by atoms with Gasteiger partial charge in [-0.1, -0.05) is 235 Å². The van der Waals surface area contributed by atoms with Crippen molar-refractivity contribution in [1.82, 2.24) is 5.32 Å². The zero-order valence-electron chi connectivity index (χ0n) is 49.5. The van der Waals surface area contributed by atoms with Gasteiger partial charge in [-0.25, -0.2) is 0 Å². The fourth-order valence-electron chi connectivity index (χ4n) is 8.54. The van der Waals surface area contributed by atoms with Crippen LogP contribution in [0.25, 0.3) is 0 Å². The number of phosphoric acid groups is 1. The highest BCUT2D eigenvalue weighted by Gasteiger charge is 2.27. The molecule has 3 atom stereocenters. The van der Waals surface area contributed by atoms with Crippen molar-refractivity contribution in [3.63, 3.8) is 0 Å². The fourth-order valence-corrected chi connectivity index (χ4v) is 9.27. The van der Waals surface area contributed by atoms with E-state index in [1.165, 1.54) is 116 Å². The second-order valence-electron chi connectivity index (χ2n) is 21.8. The van der Waals surface area contributed by atoms with Crippen LogP contribution in [0.1, 0.15) is 265 Å². The molecule has 1 N–H and O–H groups in total. The average Bonchev–Trinajstić information content (AvgIpc) is 3.37. The lowest BCUT2D eigenvalue weighted by molar-refractivity contribution is -0.870. The first-order chi connectivity index (χ1) is 36.4. The number of esters is 1. The second-order valence-corrected chi connectivity index (χ2v) is 23.2. The van der Waals surface area contributed by atoms with Gasteiger partial charge in [0.15, 0.2) is 0 Å². The van der Waals surface area contributed by atoms with Gasteiger partial charge >= 0.3 is 5.97 Å². The largest absolute Gasteiger partial charge is 0.756 e. The molecule has 9 nitrogen and oxygen atoms in total. The molecule has 1 amide bonds. The number of phosphoric ester groups is 1. The predicted molar refractivity (Wildman–Crippen MR) is 321 cm³/mol. The van der Waals surface area contributed by atoms with Crippen LogP contribution in [0.3, 0.4) is 0 Å². The number of amides is 1. The van der Waals surface area contributed by atoms with Crippen LogP contribution in [0.15, 0.2) is 85.1 Å². The third-order valence-electron chi connectivity index (χ3n) is 13.3. The van der Waals surface area contributed by atoms with Crippen LogP contribution >= 0.6 is 7.82 Å². The molecule has 0 aliphatic carbocycles. The normalized spacial score (nSPS) is 14.3. The Morgan fingerprint density at radius 3 is 1.31 bits per heavy atom. The van der Waals surface area contributed by atoms with Gasteiger partial charge in [-0.3, -0.25) is 14.2 Å². The van der Waals surface area contributed by atoms with E-state index in [0.29, 0.717) is 23.9 Å². The summed E-state index contributed by atoms with van der Waals surface area (Å²) in [6.07, 6.45) is 71.2. The Kier molecular flexibility index (Phi) is 52.5. The number of quaternary nitrogens is 1. The Bertz CT molecular complexity index is 1560. The highest BCUT2D eigenvalue weighted by molar-refractivity contribution is 7.45. The number of nitrogens with zero attached hydrogens (tertiary/aromatic N) is 1. The molecule has 0 rings (SSSR count). The SMILES string of the molecule is CC/C=C\C/C=C\C/C=C\C/C=C\C/C=C\CCCCCCCCCC(=O)OC(/C=C\CCCCCCCCCCC)C(COP(=O)([O-])OCC[N+](C)(C)C)NC(=O)CCCCCCCCC/C=C\CCCCCC. The van der Waals surface area contributed by atoms with E-state index in [1.54, 1.807) is 0 Å². The minimum absolute atomic E-state index is 0.0281. The van der Waals surface area contributed by atoms with Crippen molar-refractivity contribution in [2.24, 2.45) is 0 Å². The molecule has 3 unspecified atom stereocenters. The molecule has 0 heterocycles. The smallest absolute Gasteiger partial charge is 0.306 e. The second kappa shape index (κ2) is 54.5. The van der Waals surface area contributed by atoms with Crippen LogP contribution in [0, 0.1) is 0 Å². The molecule has 0 saturated carbocycles. The van der Waals surface area contributed by atoms with E-state index in [-0.39, 0.29) is 24.9 Å². The lowest BCUT2D eigenvalue weighted by Gasteiger charge is -2.30. The molecule has 0 saturated heterocycles. The molecule has 0 aromatic carbocycles. The van der Waals surface area contributed by atoms with Crippen LogP contribution < -0.4 is 10.2 Å². The molecule has 0 spiro atoms. The molecule has 0 radical (unpaired) electrons. The fraction of sp³-hybridized carbons (Fsp3) is 0.754. The maximum atomic E-state index is 13.5. The Balaban J connectivity index is 5.21. The maximum absolute atomic E-state index is 13.5. The van der Waals surface area contributed by atoms with Gasteiger partial charge in [0, 0.05) is 12.8 Å². The van der Waals surface area contributed by atoms with Crippen LogP contribution in [0.5, 0.6) is 0 Å². The third kappa shape index (κ3) is 55.7. The minimum atomic E-state index is -4.70. The Hall–Kier alpha value is -2.81. The van der Waals surface area contributed by atoms with Crippen molar-refractivity contribution in [3.05, 3.63) is 85.1 Å². The highest BCUT2D eigenvalue weighted by atomic mass is 31.2. The van der Waals surface area contributed by atoms with Crippen LogP contribution in [0.2, 0.25) is 0 Å². The maximum Gasteiger partial charge on any atom is 0.306 e. The molecule has 0 fully saturated rings. The van der Waals surface area contributed by atoms with Crippen molar-refractivity contribution in [2.75, 3.05) is 40.9 Å². The van der Waals surface area contributed by atoms with E-state index in [0.717, 1.165) is 109 Å². The van der Waals surface area contributed by atoms with Gasteiger partial charge in [0.25, 0.3) is 7.82 Å². The number of allylic oxidation sites excluding steroid dienone is 13. The van der Waals surface area contributed by atoms with E-state index in [1.807, 2.05) is 33.3 Å². The summed E-state index contributed by atoms with van der Waals surface area (Å²) in [6, 6.07) is -0.898. The molecule has 0 aromatic rings. The topological polar surface area (TPSA) is 114 Å². The number of likely N-dealkylation sites (N-methyl/N-ethyl adjacent to an activating group) is 1. The number of hydrogen-bond acceptors (Lipinski definition) is 7. The summed E-state index contributed by atoms with van der Waals surface area (Å²) in [5.41, 5.74) is 0. The number of ether oxygens (including phenoxy) is 1. The quantitative estimate of drug-likeness (QED) is 0.0212. The molecule has 0 aromatic heterocycles. The zero-order chi connectivity index (χ0) is 55.0. The summed E-state index contributed by atoms with van der Waals surface area (Å²) in [4.78, 5) is 39.9. The summed E-state index contributed by atoms with van der Waals surface area (Å²) in [5.74, 6) is -0.560. The Morgan fingerprint density at radius 2 is 0.853 bits per heavy atom. The summed E-state index contributed by atoms with van der Waals surface area (Å²) in [5, 5.41) is 3.02. The van der Waals surface area contributed by atoms with Crippen molar-refractivity contribution in [1.29, 1.82) is 0 Å². The molecule has 0 aliphatic rings. The van der Waals surface area contributed by atoms with Gasteiger partial charge in [0.1, 0.15) is 19.3 Å². The van der Waals surface area contributed by atoms with E-state index in [9.17, 15) is 19.0 Å². The van der Waals surface area contributed by atoms with Crippen LogP contribution in [0.4, 0.5) is 0 Å². The van der Waals surface area contributed by atoms with Crippen molar-refractivity contribution >= 4 is 19.7 Å². The molecule has 75 heavy (non-hydrogen) atoms. The molecule has 0 bridgehead atoms. The monoisotopic (exact) mass is 1070 g/mol. The summed E-state index contributed by atoms with van der Waals surface area (Å²) in [6.45, 7) is 6.70. The summed E-state index contributed by atoms with van der Waals surface area (Å²) in [7, 11) is 1.17.